The molecule has 0 saturated carbocycles. The van der Waals surface area contributed by atoms with Crippen LogP contribution >= 0.6 is 0 Å². The van der Waals surface area contributed by atoms with Gasteiger partial charge in [-0.3, -0.25) is 0 Å². The van der Waals surface area contributed by atoms with Crippen LogP contribution in [0.25, 0.3) is 0 Å². The molecule has 0 unspecified atom stereocenters. The average Bonchev–Trinajstić information content (AvgIpc) is 2.41. The highest BCUT2D eigenvalue weighted by atomic mass is 16.5. The van der Waals surface area contributed by atoms with E-state index in [0.29, 0.717) is 17.9 Å². The third-order valence-corrected chi connectivity index (χ3v) is 1.63. The van der Waals surface area contributed by atoms with Crippen LogP contribution < -0.4 is 0 Å². The van der Waals surface area contributed by atoms with E-state index in [-0.39, 0.29) is 5.97 Å². The molecule has 0 radical (unpaired) electrons. The first-order valence-electron chi connectivity index (χ1n) is 3.83. The highest BCUT2D eigenvalue weighted by Gasteiger charge is 2.08. The van der Waals surface area contributed by atoms with Gasteiger partial charge in [0.05, 0.1) is 19.8 Å². The molecule has 1 aliphatic heterocycles. The Kier molecular flexibility index (Phi) is 3.25. The monoisotopic (exact) mass is 181 g/mol. The molecule has 0 atom stereocenters. The number of hydrogen-bond acceptors (Lipinski definition) is 4. The molecular formula is C9H11NO3. The Morgan fingerprint density at radius 3 is 2.92 bits per heavy atom. The fourth-order valence-corrected chi connectivity index (χ4v) is 0.924. The van der Waals surface area contributed by atoms with Crippen molar-refractivity contribution in [3.63, 3.8) is 0 Å². The zero-order valence-electron chi connectivity index (χ0n) is 7.61. The molecule has 0 amide bonds. The summed E-state index contributed by atoms with van der Waals surface area (Å²) in [4.78, 5) is 15.0. The van der Waals surface area contributed by atoms with Gasteiger partial charge in [0.2, 0.25) is 0 Å². The van der Waals surface area contributed by atoms with Gasteiger partial charge in [-0.15, -0.1) is 0 Å². The molecule has 0 fully saturated rings. The number of nitrogens with zero attached hydrogens (tertiary/aromatic N) is 1. The lowest BCUT2D eigenvalue weighted by molar-refractivity contribution is -0.135. The third kappa shape index (κ3) is 2.43. The zero-order chi connectivity index (χ0) is 9.68. The molecule has 0 aromatic carbocycles. The smallest absolute Gasteiger partial charge is 0.337 e. The number of methoxy groups -OCH3 is 2. The van der Waals surface area contributed by atoms with Crippen molar-refractivity contribution in [2.75, 3.05) is 14.2 Å². The summed E-state index contributed by atoms with van der Waals surface area (Å²) in [7, 11) is 2.89. The molecular weight excluding hydrogens is 170 g/mol. The van der Waals surface area contributed by atoms with E-state index in [9.17, 15) is 4.79 Å². The molecule has 0 aromatic rings. The van der Waals surface area contributed by atoms with Crippen LogP contribution in [0.1, 0.15) is 6.42 Å². The van der Waals surface area contributed by atoms with Crippen LogP contribution in [0, 0.1) is 0 Å². The Bertz CT molecular complexity index is 289. The van der Waals surface area contributed by atoms with Crippen LogP contribution in [0.15, 0.2) is 28.9 Å². The van der Waals surface area contributed by atoms with Crippen molar-refractivity contribution in [1.82, 2.24) is 0 Å². The molecule has 0 N–H and O–H groups in total. The molecule has 0 saturated heterocycles. The Hall–Kier alpha value is -1.58. The van der Waals surface area contributed by atoms with Crippen molar-refractivity contribution in [1.29, 1.82) is 0 Å². The Morgan fingerprint density at radius 2 is 2.31 bits per heavy atom. The van der Waals surface area contributed by atoms with Crippen LogP contribution in [-0.4, -0.2) is 26.1 Å². The summed E-state index contributed by atoms with van der Waals surface area (Å²) in [5.41, 5.74) is 0.498. The topological polar surface area (TPSA) is 47.9 Å². The van der Waals surface area contributed by atoms with Crippen molar-refractivity contribution in [3.8, 4) is 0 Å². The minimum absolute atomic E-state index is 0.358. The van der Waals surface area contributed by atoms with Gasteiger partial charge in [0.15, 0.2) is 5.90 Å². The van der Waals surface area contributed by atoms with Gasteiger partial charge in [-0.1, -0.05) is 6.08 Å². The van der Waals surface area contributed by atoms with Gasteiger partial charge in [0.1, 0.15) is 0 Å². The molecule has 13 heavy (non-hydrogen) atoms. The number of aliphatic imine (C=N–C) groups is 1. The largest absolute Gasteiger partial charge is 0.484 e. The highest BCUT2D eigenvalue weighted by molar-refractivity contribution is 5.93. The van der Waals surface area contributed by atoms with Crippen LogP contribution in [0.2, 0.25) is 0 Å². The molecule has 1 aliphatic rings. The zero-order valence-corrected chi connectivity index (χ0v) is 7.61. The first kappa shape index (κ1) is 9.51. The lowest BCUT2D eigenvalue weighted by atomic mass is 10.2. The van der Waals surface area contributed by atoms with Gasteiger partial charge in [0, 0.05) is 12.6 Å². The second-order valence-corrected chi connectivity index (χ2v) is 2.40. The predicted octanol–water partition coefficient (Wildman–Crippen LogP) is 1.05. The number of carbonyl (C=O) groups is 1. The normalized spacial score (nSPS) is 15.5. The Morgan fingerprint density at radius 1 is 1.54 bits per heavy atom. The lowest BCUT2D eigenvalue weighted by Gasteiger charge is -1.98. The van der Waals surface area contributed by atoms with Crippen molar-refractivity contribution in [3.05, 3.63) is 23.9 Å². The molecule has 1 rings (SSSR count). The summed E-state index contributed by atoms with van der Waals surface area (Å²) in [6, 6.07) is 0. The average molecular weight is 181 g/mol. The molecule has 0 aliphatic carbocycles. The van der Waals surface area contributed by atoms with Crippen LogP contribution in [-0.2, 0) is 14.3 Å². The third-order valence-electron chi connectivity index (χ3n) is 1.63. The fourth-order valence-electron chi connectivity index (χ4n) is 0.924. The molecule has 0 bridgehead atoms. The summed E-state index contributed by atoms with van der Waals surface area (Å²) < 4.78 is 9.50. The predicted molar refractivity (Wildman–Crippen MR) is 48.3 cm³/mol. The van der Waals surface area contributed by atoms with Gasteiger partial charge < -0.3 is 9.47 Å². The second-order valence-electron chi connectivity index (χ2n) is 2.40. The van der Waals surface area contributed by atoms with Gasteiger partial charge in [0.25, 0.3) is 0 Å². The molecule has 1 heterocycles. The van der Waals surface area contributed by atoms with Gasteiger partial charge in [-0.25, -0.2) is 9.79 Å². The number of hydrogen-bond donors (Lipinski definition) is 0. The van der Waals surface area contributed by atoms with Gasteiger partial charge >= 0.3 is 5.97 Å². The van der Waals surface area contributed by atoms with Crippen molar-refractivity contribution in [2.45, 2.75) is 6.42 Å². The van der Waals surface area contributed by atoms with E-state index in [1.165, 1.54) is 13.3 Å². The number of rotatable bonds is 1. The Balaban J connectivity index is 2.74. The van der Waals surface area contributed by atoms with Crippen LogP contribution in [0.3, 0.4) is 0 Å². The first-order valence-corrected chi connectivity index (χ1v) is 3.83. The van der Waals surface area contributed by atoms with E-state index in [1.54, 1.807) is 19.3 Å². The quantitative estimate of drug-likeness (QED) is 0.568. The fraction of sp³-hybridized carbons (Fsp3) is 0.333. The minimum Gasteiger partial charge on any atom is -0.484 e. The van der Waals surface area contributed by atoms with Crippen molar-refractivity contribution < 1.29 is 14.3 Å². The Labute approximate surface area is 76.6 Å². The highest BCUT2D eigenvalue weighted by Crippen LogP contribution is 2.07. The number of esters is 1. The van der Waals surface area contributed by atoms with Crippen LogP contribution in [0.5, 0.6) is 0 Å². The summed E-state index contributed by atoms with van der Waals surface area (Å²) in [6.07, 6.45) is 5.35. The maximum absolute atomic E-state index is 11.1. The lowest BCUT2D eigenvalue weighted by Crippen LogP contribution is -2.03. The first-order chi connectivity index (χ1) is 6.27. The summed E-state index contributed by atoms with van der Waals surface area (Å²) in [5.74, 6) is 0.221. The number of carbonyl (C=O) groups excluding carboxylic acids is 1. The summed E-state index contributed by atoms with van der Waals surface area (Å²) in [5, 5.41) is 0. The summed E-state index contributed by atoms with van der Waals surface area (Å²) in [6.45, 7) is 0. The molecule has 0 aromatic heterocycles. The maximum atomic E-state index is 11.1. The van der Waals surface area contributed by atoms with E-state index in [2.05, 4.69) is 9.73 Å². The summed E-state index contributed by atoms with van der Waals surface area (Å²) >= 11 is 0. The number of ether oxygens (including phenoxy) is 2. The molecule has 4 heteroatoms. The minimum atomic E-state index is -0.358. The molecule has 0 spiro atoms. The van der Waals surface area contributed by atoms with E-state index in [0.717, 1.165) is 0 Å². The maximum Gasteiger partial charge on any atom is 0.337 e. The molecule has 4 nitrogen and oxygen atoms in total. The SMILES string of the molecule is COC(=O)C1=CCC(OC)=NC=C1. The van der Waals surface area contributed by atoms with Crippen LogP contribution in [0.4, 0.5) is 0 Å². The van der Waals surface area contributed by atoms with E-state index >= 15 is 0 Å². The second kappa shape index (κ2) is 4.45. The molecule has 70 valence electrons. The van der Waals surface area contributed by atoms with Crippen molar-refractivity contribution >= 4 is 11.9 Å². The van der Waals surface area contributed by atoms with E-state index in [1.807, 2.05) is 0 Å². The standard InChI is InChI=1S/C9H11NO3/c1-12-8-4-3-7(5-6-10-8)9(11)13-2/h3,5-6H,4H2,1-2H3. The van der Waals surface area contributed by atoms with Crippen molar-refractivity contribution in [2.24, 2.45) is 4.99 Å². The van der Waals surface area contributed by atoms with E-state index < -0.39 is 0 Å². The van der Waals surface area contributed by atoms with Gasteiger partial charge in [-0.05, 0) is 6.08 Å². The van der Waals surface area contributed by atoms with Gasteiger partial charge in [-0.2, -0.15) is 0 Å². The van der Waals surface area contributed by atoms with E-state index in [4.69, 9.17) is 4.74 Å².